The maximum atomic E-state index is 15.7. The molecule has 5 heterocycles. The molecule has 0 aliphatic carbocycles. The standard InChI is InChI=1S/C79H99N15O16S/c1-8-44(4)68-76(106)88-60(38-52-15-14-32-110-52)72(102)86-59(36-48-39-82-55-18-11-9-16-53(48)55)71(101)90-63(69(81)99)41-111-42-67(98)84-61(34-46-21-25-50(95)26-22-46)77(107)92(6)45(5)70(100)85-57(29-30-66(80)97)79(109)94-31-13-20-64(94)74(104)89-62(35-47-23-27-51(96)28-24-47)78(108)93(7)65(37-49-40-83-56-19-12-10-17-54(49)56)75(105)87-58(33-43(2)3)73(103)91-68/h9-12,14-19,21-28,32,39-40,43-45,57-65,68,82-83,95-96H,8,13,20,29-31,33-38,41-42H2,1-7H3,(H2,80,97)(H2,81,99)(H,84,98)(H,85,100)(H,86,102)(H,87,105)(H,88,106)(H,89,104)(H,90,101)(H,91,103)/t44-,45-,57-,58-,59-,60-,61-,62-,63-,64-,65-,68-/m0/s1. The first-order chi connectivity index (χ1) is 53.0. The van der Waals surface area contributed by atoms with E-state index in [0.29, 0.717) is 50.5 Å². The van der Waals surface area contributed by atoms with E-state index in [-0.39, 0.29) is 93.3 Å². The monoisotopic (exact) mass is 1550 g/mol. The zero-order valence-corrected chi connectivity index (χ0v) is 63.9. The SMILES string of the molecule is CC[C@H](C)[C@@H]1NC(=O)[C@H](CC(C)C)NC(=O)[C@H](Cc2c[nH]c3ccccc23)N(C)C(=O)[C@H](Cc2ccc(O)cc2)NC(=O)[C@@H]2CCCN2C(=O)[C@H](CCC(N)=O)NC(=O)[C@H](C)N(C)C(=O)[C@H](Cc2ccc(O)cc2)NC(=O)CSC[C@@H](C(N)=O)NC(=O)[C@H](Cc2c[nH]c3ccccc23)NC(=O)[C@H](Cc2ccco2)NC1=O. The van der Waals surface area contributed by atoms with Crippen LogP contribution in [-0.4, -0.2) is 210 Å². The predicted molar refractivity (Wildman–Crippen MR) is 413 cm³/mol. The minimum atomic E-state index is -1.53. The molecule has 0 saturated carbocycles. The molecule has 13 amide bonds. The van der Waals surface area contributed by atoms with Crippen molar-refractivity contribution in [2.45, 2.75) is 172 Å². The van der Waals surface area contributed by atoms with E-state index in [0.717, 1.165) is 21.6 Å². The van der Waals surface area contributed by atoms with Gasteiger partial charge in [0.05, 0.1) is 12.0 Å². The Hall–Kier alpha value is -11.7. The fourth-order valence-corrected chi connectivity index (χ4v) is 14.5. The van der Waals surface area contributed by atoms with Gasteiger partial charge >= 0.3 is 0 Å². The number of aromatic nitrogens is 2. The van der Waals surface area contributed by atoms with E-state index in [4.69, 9.17) is 15.9 Å². The highest BCUT2D eigenvalue weighted by Crippen LogP contribution is 2.27. The highest BCUT2D eigenvalue weighted by atomic mass is 32.2. The van der Waals surface area contributed by atoms with Crippen molar-refractivity contribution >= 4 is 110 Å². The minimum absolute atomic E-state index is 0.000316. The maximum Gasteiger partial charge on any atom is 0.245 e. The molecule has 0 unspecified atom stereocenters. The Morgan fingerprint density at radius 1 is 0.559 bits per heavy atom. The van der Waals surface area contributed by atoms with Gasteiger partial charge in [-0.2, -0.15) is 0 Å². The van der Waals surface area contributed by atoms with Crippen LogP contribution in [0.25, 0.3) is 21.8 Å². The molecule has 2 aliphatic rings. The summed E-state index contributed by atoms with van der Waals surface area (Å²) in [5.74, 6) is -12.6. The van der Waals surface area contributed by atoms with E-state index in [2.05, 4.69) is 52.5 Å². The third-order valence-electron chi connectivity index (χ3n) is 20.3. The van der Waals surface area contributed by atoms with Gasteiger partial charge in [-0.1, -0.05) is 94.8 Å². The fourth-order valence-electron chi connectivity index (χ4n) is 13.7. The van der Waals surface area contributed by atoms with Gasteiger partial charge in [0, 0.05) is 99.1 Å². The Balaban J connectivity index is 1.10. The highest BCUT2D eigenvalue weighted by molar-refractivity contribution is 8.00. The summed E-state index contributed by atoms with van der Waals surface area (Å²) in [5, 5.41) is 44.1. The van der Waals surface area contributed by atoms with Crippen molar-refractivity contribution in [3.63, 3.8) is 0 Å². The Labute approximate surface area is 646 Å². The summed E-state index contributed by atoms with van der Waals surface area (Å²) in [5.41, 5.74) is 15.0. The average molecular weight is 1550 g/mol. The molecule has 0 radical (unpaired) electrons. The van der Waals surface area contributed by atoms with E-state index in [1.807, 2.05) is 32.0 Å². The number of carbonyl (C=O) groups is 13. The summed E-state index contributed by atoms with van der Waals surface area (Å²) in [4.78, 5) is 201. The predicted octanol–water partition coefficient (Wildman–Crippen LogP) is 2.30. The number of nitrogens with one attached hydrogen (secondary N) is 10. The lowest BCUT2D eigenvalue weighted by atomic mass is 9.95. The zero-order valence-electron chi connectivity index (χ0n) is 63.0. The van der Waals surface area contributed by atoms with Crippen LogP contribution in [0.2, 0.25) is 0 Å². The number of likely N-dealkylation sites (N-methyl/N-ethyl adjacent to an activating group) is 2. The molecule has 7 aromatic rings. The van der Waals surface area contributed by atoms with Crippen molar-refractivity contribution in [3.8, 4) is 11.5 Å². The molecule has 31 nitrogen and oxygen atoms in total. The van der Waals surface area contributed by atoms with Crippen LogP contribution in [-0.2, 0) is 94.4 Å². The molecule has 0 bridgehead atoms. The largest absolute Gasteiger partial charge is 0.508 e. The Bertz CT molecular complexity index is 4490. The van der Waals surface area contributed by atoms with Crippen LogP contribution < -0.4 is 54.0 Å². The molecule has 111 heavy (non-hydrogen) atoms. The molecule has 2 aliphatic heterocycles. The van der Waals surface area contributed by atoms with Gasteiger partial charge in [0.1, 0.15) is 83.7 Å². The lowest BCUT2D eigenvalue weighted by molar-refractivity contribution is -0.145. The number of benzene rings is 4. The van der Waals surface area contributed by atoms with Gasteiger partial charge in [0.2, 0.25) is 76.8 Å². The molecular formula is C79H99N15O16S. The number of rotatable bonds is 18. The average Bonchev–Trinajstić information content (AvgIpc) is 1.78. The van der Waals surface area contributed by atoms with Crippen LogP contribution in [0.15, 0.2) is 132 Å². The van der Waals surface area contributed by atoms with Gasteiger partial charge in [-0.25, -0.2) is 0 Å². The van der Waals surface area contributed by atoms with Gasteiger partial charge in [-0.3, -0.25) is 62.3 Å². The minimum Gasteiger partial charge on any atom is -0.508 e. The van der Waals surface area contributed by atoms with Crippen LogP contribution in [0.3, 0.4) is 0 Å². The summed E-state index contributed by atoms with van der Waals surface area (Å²) in [6, 6.07) is 13.3. The molecule has 3 aromatic heterocycles. The number of carbonyl (C=O) groups excluding carboxylic acids is 13. The number of primary amides is 2. The summed E-state index contributed by atoms with van der Waals surface area (Å²) in [7, 11) is 2.66. The van der Waals surface area contributed by atoms with Crippen molar-refractivity contribution in [1.29, 1.82) is 0 Å². The van der Waals surface area contributed by atoms with Crippen molar-refractivity contribution in [1.82, 2.24) is 67.2 Å². The number of amides is 13. The molecule has 2 saturated heterocycles. The molecule has 0 spiro atoms. The van der Waals surface area contributed by atoms with Crippen LogP contribution in [0.1, 0.15) is 101 Å². The number of thioether (sulfide) groups is 1. The second-order valence-corrected chi connectivity index (χ2v) is 29.9. The lowest BCUT2D eigenvalue weighted by Crippen LogP contribution is -2.62. The molecule has 12 atom stereocenters. The molecule has 2 fully saturated rings. The van der Waals surface area contributed by atoms with E-state index in [1.54, 1.807) is 68.7 Å². The molecular weight excluding hydrogens is 1450 g/mol. The van der Waals surface area contributed by atoms with Crippen LogP contribution in [0.5, 0.6) is 11.5 Å². The van der Waals surface area contributed by atoms with Gasteiger partial charge in [0.15, 0.2) is 0 Å². The first-order valence-corrected chi connectivity index (χ1v) is 38.2. The number of H-pyrrole nitrogens is 2. The number of phenols is 2. The van der Waals surface area contributed by atoms with E-state index < -0.39 is 161 Å². The fraction of sp³-hybridized carbons (Fsp3) is 0.430. The summed E-state index contributed by atoms with van der Waals surface area (Å²) < 4.78 is 5.70. The van der Waals surface area contributed by atoms with Gasteiger partial charge in [-0.05, 0) is 115 Å². The van der Waals surface area contributed by atoms with Crippen molar-refractivity contribution < 1.29 is 77.0 Å². The summed E-state index contributed by atoms with van der Waals surface area (Å²) in [6.07, 6.45) is 3.49. The number of furan rings is 1. The molecule has 9 rings (SSSR count). The lowest BCUT2D eigenvalue weighted by Gasteiger charge is -2.34. The number of para-hydroxylation sites is 2. The maximum absolute atomic E-state index is 15.7. The number of hydrogen-bond donors (Lipinski definition) is 14. The van der Waals surface area contributed by atoms with Crippen molar-refractivity contribution in [3.05, 3.63) is 156 Å². The number of aromatic amines is 2. The normalized spacial score (nSPS) is 23.7. The number of fused-ring (bicyclic) bond motifs is 3. The van der Waals surface area contributed by atoms with Crippen LogP contribution in [0, 0.1) is 11.8 Å². The molecule has 32 heteroatoms. The topological polar surface area (TPSA) is 465 Å². The first-order valence-electron chi connectivity index (χ1n) is 37.1. The Kier molecular flexibility index (Phi) is 29.0. The van der Waals surface area contributed by atoms with Crippen LogP contribution >= 0.6 is 11.8 Å². The van der Waals surface area contributed by atoms with Gasteiger partial charge in [-0.15, -0.1) is 11.8 Å². The van der Waals surface area contributed by atoms with Crippen LogP contribution in [0.4, 0.5) is 0 Å². The second kappa shape index (κ2) is 38.6. The zero-order chi connectivity index (χ0) is 80.3. The second-order valence-electron chi connectivity index (χ2n) is 28.8. The summed E-state index contributed by atoms with van der Waals surface area (Å²) >= 11 is 0.852. The smallest absolute Gasteiger partial charge is 0.245 e. The highest BCUT2D eigenvalue weighted by Gasteiger charge is 2.43. The number of nitrogens with two attached hydrogens (primary N) is 2. The Morgan fingerprint density at radius 2 is 1.09 bits per heavy atom. The number of nitrogens with zero attached hydrogens (tertiary/aromatic N) is 3. The van der Waals surface area contributed by atoms with Crippen molar-refractivity contribution in [2.75, 3.05) is 32.1 Å². The van der Waals surface area contributed by atoms with Crippen molar-refractivity contribution in [2.24, 2.45) is 23.3 Å². The Morgan fingerprint density at radius 3 is 1.67 bits per heavy atom. The number of aromatic hydroxyl groups is 2. The third-order valence-corrected chi connectivity index (χ3v) is 21.3. The number of hydrogen-bond acceptors (Lipinski definition) is 17. The van der Waals surface area contributed by atoms with E-state index in [9.17, 15) is 39.0 Å². The first kappa shape index (κ1) is 83.3. The third kappa shape index (κ3) is 22.3. The number of phenolic OH excluding ortho intramolecular Hbond substituents is 2. The molecule has 592 valence electrons. The quantitative estimate of drug-likeness (QED) is 0.0586. The summed E-state index contributed by atoms with van der Waals surface area (Å²) in [6.45, 7) is 8.44. The van der Waals surface area contributed by atoms with Gasteiger partial charge < -0.3 is 93.3 Å². The van der Waals surface area contributed by atoms with Gasteiger partial charge in [0.25, 0.3) is 0 Å². The molecule has 4 aromatic carbocycles. The van der Waals surface area contributed by atoms with E-state index in [1.165, 1.54) is 80.7 Å². The molecule has 16 N–H and O–H groups in total. The van der Waals surface area contributed by atoms with E-state index >= 15 is 33.6 Å².